The minimum atomic E-state index is -3.39. The Bertz CT molecular complexity index is 766. The van der Waals surface area contributed by atoms with Crippen molar-refractivity contribution >= 4 is 21.2 Å². The second-order valence-electron chi connectivity index (χ2n) is 6.49. The van der Waals surface area contributed by atoms with Crippen molar-refractivity contribution in [1.82, 2.24) is 18.6 Å². The number of hydrogen-bond acceptors (Lipinski definition) is 3. The molecular weight excluding hydrogens is 324 g/mol. The monoisotopic (exact) mass is 350 g/mol. The SMILES string of the molecule is CN(C1CCCCC1)S(=O)(=O)NCCCn1cnc2ccccc21. The molecule has 1 aromatic carbocycles. The summed E-state index contributed by atoms with van der Waals surface area (Å²) in [5.74, 6) is 0. The van der Waals surface area contributed by atoms with Crippen molar-refractivity contribution in [2.45, 2.75) is 51.1 Å². The van der Waals surface area contributed by atoms with Gasteiger partial charge >= 0.3 is 0 Å². The first kappa shape index (κ1) is 17.4. The van der Waals surface area contributed by atoms with E-state index in [1.165, 1.54) is 10.7 Å². The van der Waals surface area contributed by atoms with Crippen LogP contribution in [0, 0.1) is 0 Å². The van der Waals surface area contributed by atoms with Crippen LogP contribution in [0.3, 0.4) is 0 Å². The maximum atomic E-state index is 12.4. The van der Waals surface area contributed by atoms with Gasteiger partial charge in [0.05, 0.1) is 17.4 Å². The van der Waals surface area contributed by atoms with Crippen molar-refractivity contribution in [2.24, 2.45) is 0 Å². The summed E-state index contributed by atoms with van der Waals surface area (Å²) in [6.07, 6.45) is 7.95. The van der Waals surface area contributed by atoms with Gasteiger partial charge in [0, 0.05) is 26.2 Å². The normalized spacial score (nSPS) is 16.9. The molecular formula is C17H26N4O2S. The van der Waals surface area contributed by atoms with Crippen LogP contribution in [-0.4, -0.2) is 41.9 Å². The smallest absolute Gasteiger partial charge is 0.279 e. The third-order valence-corrected chi connectivity index (χ3v) is 6.48. The van der Waals surface area contributed by atoms with E-state index >= 15 is 0 Å². The number of aromatic nitrogens is 2. The van der Waals surface area contributed by atoms with Crippen LogP contribution in [0.1, 0.15) is 38.5 Å². The zero-order chi connectivity index (χ0) is 17.0. The van der Waals surface area contributed by atoms with E-state index in [0.29, 0.717) is 6.54 Å². The largest absolute Gasteiger partial charge is 0.331 e. The Morgan fingerprint density at radius 2 is 2.00 bits per heavy atom. The molecule has 0 amide bonds. The van der Waals surface area contributed by atoms with E-state index in [-0.39, 0.29) is 6.04 Å². The number of imidazole rings is 1. The van der Waals surface area contributed by atoms with Crippen LogP contribution >= 0.6 is 0 Å². The molecule has 132 valence electrons. The molecule has 1 N–H and O–H groups in total. The maximum absolute atomic E-state index is 12.4. The lowest BCUT2D eigenvalue weighted by molar-refractivity contribution is 0.283. The van der Waals surface area contributed by atoms with Crippen molar-refractivity contribution in [3.63, 3.8) is 0 Å². The first-order valence-corrected chi connectivity index (χ1v) is 10.1. The number of fused-ring (bicyclic) bond motifs is 1. The molecule has 0 aliphatic heterocycles. The highest BCUT2D eigenvalue weighted by Crippen LogP contribution is 2.23. The van der Waals surface area contributed by atoms with Gasteiger partial charge in [0.2, 0.25) is 0 Å². The quantitative estimate of drug-likeness (QED) is 0.780. The van der Waals surface area contributed by atoms with E-state index in [1.807, 2.05) is 30.6 Å². The minimum Gasteiger partial charge on any atom is -0.331 e. The lowest BCUT2D eigenvalue weighted by Crippen LogP contribution is -2.45. The zero-order valence-corrected chi connectivity index (χ0v) is 15.0. The molecule has 0 spiro atoms. The molecule has 7 heteroatoms. The molecule has 1 fully saturated rings. The van der Waals surface area contributed by atoms with Gasteiger partial charge in [-0.3, -0.25) is 0 Å². The molecule has 6 nitrogen and oxygen atoms in total. The van der Waals surface area contributed by atoms with Gasteiger partial charge in [-0.05, 0) is 31.4 Å². The Balaban J connectivity index is 1.50. The average molecular weight is 350 g/mol. The molecule has 1 aromatic heterocycles. The molecule has 1 aliphatic rings. The molecule has 0 radical (unpaired) electrons. The van der Waals surface area contributed by atoms with Crippen LogP contribution in [0.2, 0.25) is 0 Å². The lowest BCUT2D eigenvalue weighted by atomic mass is 9.96. The first-order chi connectivity index (χ1) is 11.6. The van der Waals surface area contributed by atoms with Crippen molar-refractivity contribution in [2.75, 3.05) is 13.6 Å². The third-order valence-electron chi connectivity index (χ3n) is 4.86. The van der Waals surface area contributed by atoms with Crippen molar-refractivity contribution in [3.8, 4) is 0 Å². The molecule has 1 aliphatic carbocycles. The summed E-state index contributed by atoms with van der Waals surface area (Å²) in [5, 5.41) is 0. The molecule has 0 saturated heterocycles. The number of rotatable bonds is 7. The summed E-state index contributed by atoms with van der Waals surface area (Å²) in [6, 6.07) is 8.11. The molecule has 1 heterocycles. The zero-order valence-electron chi connectivity index (χ0n) is 14.2. The molecule has 24 heavy (non-hydrogen) atoms. The standard InChI is InChI=1S/C17H26N4O2S/c1-20(15-8-3-2-4-9-15)24(22,23)19-12-7-13-21-14-18-16-10-5-6-11-17(16)21/h5-6,10-11,14-15,19H,2-4,7-9,12-13H2,1H3. The summed E-state index contributed by atoms with van der Waals surface area (Å²) in [5.41, 5.74) is 2.05. The molecule has 1 saturated carbocycles. The van der Waals surface area contributed by atoms with Gasteiger partial charge in [-0.25, -0.2) is 9.71 Å². The average Bonchev–Trinajstić information content (AvgIpc) is 3.02. The highest BCUT2D eigenvalue weighted by atomic mass is 32.2. The number of aryl methyl sites for hydroxylation is 1. The second kappa shape index (κ2) is 7.63. The van der Waals surface area contributed by atoms with Crippen LogP contribution in [0.5, 0.6) is 0 Å². The Hall–Kier alpha value is -1.44. The van der Waals surface area contributed by atoms with Crippen molar-refractivity contribution < 1.29 is 8.42 Å². The van der Waals surface area contributed by atoms with Crippen molar-refractivity contribution in [1.29, 1.82) is 0 Å². The van der Waals surface area contributed by atoms with Gasteiger partial charge in [0.25, 0.3) is 10.2 Å². The van der Waals surface area contributed by atoms with Crippen LogP contribution < -0.4 is 4.72 Å². The number of hydrogen-bond donors (Lipinski definition) is 1. The van der Waals surface area contributed by atoms with Crippen LogP contribution in [-0.2, 0) is 16.8 Å². The van der Waals surface area contributed by atoms with E-state index in [2.05, 4.69) is 14.3 Å². The Morgan fingerprint density at radius 1 is 1.25 bits per heavy atom. The van der Waals surface area contributed by atoms with Crippen LogP contribution in [0.15, 0.2) is 30.6 Å². The highest BCUT2D eigenvalue weighted by Gasteiger charge is 2.26. The minimum absolute atomic E-state index is 0.147. The molecule has 0 unspecified atom stereocenters. The fourth-order valence-corrected chi connectivity index (χ4v) is 4.59. The molecule has 0 bridgehead atoms. The summed E-state index contributed by atoms with van der Waals surface area (Å²) >= 11 is 0. The summed E-state index contributed by atoms with van der Waals surface area (Å²) in [6.45, 7) is 1.18. The Morgan fingerprint density at radius 3 is 2.79 bits per heavy atom. The van der Waals surface area contributed by atoms with Gasteiger partial charge in [-0.1, -0.05) is 31.4 Å². The number of nitrogens with one attached hydrogen (secondary N) is 1. The predicted molar refractivity (Wildman–Crippen MR) is 95.9 cm³/mol. The van der Waals surface area contributed by atoms with E-state index in [1.54, 1.807) is 7.05 Å². The Labute approximate surface area is 144 Å². The van der Waals surface area contributed by atoms with E-state index in [0.717, 1.165) is 49.7 Å². The first-order valence-electron chi connectivity index (χ1n) is 8.70. The van der Waals surface area contributed by atoms with Crippen molar-refractivity contribution in [3.05, 3.63) is 30.6 Å². The summed E-state index contributed by atoms with van der Waals surface area (Å²) < 4.78 is 31.1. The molecule has 3 rings (SSSR count). The van der Waals surface area contributed by atoms with Gasteiger partial charge in [0.15, 0.2) is 0 Å². The summed E-state index contributed by atoms with van der Waals surface area (Å²) in [7, 11) is -1.69. The number of benzene rings is 1. The topological polar surface area (TPSA) is 67.2 Å². The number of para-hydroxylation sites is 2. The number of nitrogens with zero attached hydrogens (tertiary/aromatic N) is 3. The third kappa shape index (κ3) is 3.96. The van der Waals surface area contributed by atoms with Crippen LogP contribution in [0.4, 0.5) is 0 Å². The molecule has 0 atom stereocenters. The van der Waals surface area contributed by atoms with E-state index in [9.17, 15) is 8.42 Å². The predicted octanol–water partition coefficient (Wildman–Crippen LogP) is 2.53. The van der Waals surface area contributed by atoms with Gasteiger partial charge in [-0.2, -0.15) is 12.7 Å². The van der Waals surface area contributed by atoms with E-state index < -0.39 is 10.2 Å². The van der Waals surface area contributed by atoms with Gasteiger partial charge < -0.3 is 4.57 Å². The van der Waals surface area contributed by atoms with Gasteiger partial charge in [-0.15, -0.1) is 0 Å². The highest BCUT2D eigenvalue weighted by molar-refractivity contribution is 7.87. The Kier molecular flexibility index (Phi) is 5.53. The fraction of sp³-hybridized carbons (Fsp3) is 0.588. The van der Waals surface area contributed by atoms with Gasteiger partial charge in [0.1, 0.15) is 0 Å². The lowest BCUT2D eigenvalue weighted by Gasteiger charge is -2.30. The van der Waals surface area contributed by atoms with Crippen LogP contribution in [0.25, 0.3) is 11.0 Å². The second-order valence-corrected chi connectivity index (χ2v) is 8.30. The summed E-state index contributed by atoms with van der Waals surface area (Å²) in [4.78, 5) is 4.35. The fourth-order valence-electron chi connectivity index (χ4n) is 3.38. The maximum Gasteiger partial charge on any atom is 0.279 e. The molecule has 2 aromatic rings. The van der Waals surface area contributed by atoms with E-state index in [4.69, 9.17) is 0 Å².